The molecule has 1 unspecified atom stereocenters. The van der Waals surface area contributed by atoms with Crippen LogP contribution < -0.4 is 5.32 Å². The van der Waals surface area contributed by atoms with Crippen molar-refractivity contribution in [3.8, 4) is 0 Å². The molecule has 2 amide bonds. The highest BCUT2D eigenvalue weighted by atomic mass is 19.1. The molecule has 0 bridgehead atoms. The summed E-state index contributed by atoms with van der Waals surface area (Å²) in [7, 11) is 0. The highest BCUT2D eigenvalue weighted by molar-refractivity contribution is 5.85. The van der Waals surface area contributed by atoms with Gasteiger partial charge in [0.2, 0.25) is 0 Å². The molecule has 0 aromatic rings. The van der Waals surface area contributed by atoms with E-state index in [9.17, 15) is 9.59 Å². The van der Waals surface area contributed by atoms with Crippen LogP contribution in [0, 0.1) is 5.92 Å². The van der Waals surface area contributed by atoms with E-state index in [1.807, 2.05) is 6.92 Å². The van der Waals surface area contributed by atoms with Gasteiger partial charge in [-0.15, -0.1) is 0 Å². The molecule has 0 spiro atoms. The molecule has 6 nitrogen and oxygen atoms in total. The molecule has 3 rings (SSSR count). The van der Waals surface area contributed by atoms with Crippen molar-refractivity contribution in [2.24, 2.45) is 5.92 Å². The van der Waals surface area contributed by atoms with Crippen LogP contribution in [0.25, 0.3) is 0 Å². The predicted octanol–water partition coefficient (Wildman–Crippen LogP) is 3.11. The van der Waals surface area contributed by atoms with Crippen LogP contribution in [0.15, 0.2) is 0 Å². The second kappa shape index (κ2) is 9.90. The van der Waals surface area contributed by atoms with Gasteiger partial charge in [0.25, 0.3) is 5.91 Å². The third-order valence-electron chi connectivity index (χ3n) is 6.76. The standard InChI is InChI=1S/C21H36FN3O3/c1-2-28-20(27)25-12-5-8-18(9-13-25)24-14-10-21(22,11-15-24)19(26)23-16-17-6-3-4-7-17/h17-18H,2-16H2,1H3,(H,23,26). The fraction of sp³-hybridized carbons (Fsp3) is 0.905. The van der Waals surface area contributed by atoms with Crippen molar-refractivity contribution in [3.63, 3.8) is 0 Å². The zero-order valence-corrected chi connectivity index (χ0v) is 17.3. The maximum atomic E-state index is 15.2. The Hall–Kier alpha value is -1.37. The maximum absolute atomic E-state index is 15.2. The van der Waals surface area contributed by atoms with Crippen molar-refractivity contribution in [2.75, 3.05) is 39.3 Å². The summed E-state index contributed by atoms with van der Waals surface area (Å²) in [4.78, 5) is 28.5. The Morgan fingerprint density at radius 1 is 1.04 bits per heavy atom. The predicted molar refractivity (Wildman–Crippen MR) is 106 cm³/mol. The Labute approximate surface area is 168 Å². The van der Waals surface area contributed by atoms with Crippen LogP contribution in [0.5, 0.6) is 0 Å². The number of likely N-dealkylation sites (tertiary alicyclic amines) is 2. The van der Waals surface area contributed by atoms with Gasteiger partial charge in [-0.2, -0.15) is 0 Å². The van der Waals surface area contributed by atoms with Gasteiger partial charge >= 0.3 is 6.09 Å². The maximum Gasteiger partial charge on any atom is 0.409 e. The first-order valence-electron chi connectivity index (χ1n) is 11.1. The zero-order chi connectivity index (χ0) is 20.0. The van der Waals surface area contributed by atoms with E-state index in [0.29, 0.717) is 44.7 Å². The van der Waals surface area contributed by atoms with Crippen molar-refractivity contribution in [1.82, 2.24) is 15.1 Å². The topological polar surface area (TPSA) is 61.9 Å². The molecular weight excluding hydrogens is 361 g/mol. The number of nitrogens with zero attached hydrogens (tertiary/aromatic N) is 2. The van der Waals surface area contributed by atoms with E-state index >= 15 is 4.39 Å². The Bertz CT molecular complexity index is 531. The molecule has 2 aliphatic heterocycles. The molecular formula is C21H36FN3O3. The average Bonchev–Trinajstić information content (AvgIpc) is 3.09. The highest BCUT2D eigenvalue weighted by Crippen LogP contribution is 2.31. The summed E-state index contributed by atoms with van der Waals surface area (Å²) in [6, 6.07) is 0.352. The smallest absolute Gasteiger partial charge is 0.409 e. The molecule has 2 heterocycles. The molecule has 3 aliphatic rings. The number of ether oxygens (including phenoxy) is 1. The fourth-order valence-electron chi connectivity index (χ4n) is 4.92. The number of hydrogen-bond donors (Lipinski definition) is 1. The van der Waals surface area contributed by atoms with Gasteiger partial charge in [0.05, 0.1) is 6.61 Å². The number of halogens is 1. The number of carbonyl (C=O) groups is 2. The SMILES string of the molecule is CCOC(=O)N1CCCC(N2CCC(F)(C(=O)NCC3CCCC3)CC2)CC1. The summed E-state index contributed by atoms with van der Waals surface area (Å²) in [5.41, 5.74) is -1.73. The van der Waals surface area contributed by atoms with Crippen molar-refractivity contribution in [2.45, 2.75) is 76.4 Å². The average molecular weight is 398 g/mol. The molecule has 0 aromatic carbocycles. The minimum Gasteiger partial charge on any atom is -0.450 e. The van der Waals surface area contributed by atoms with Crippen LogP contribution in [-0.4, -0.2) is 72.8 Å². The molecule has 1 atom stereocenters. The van der Waals surface area contributed by atoms with Gasteiger partial charge in [-0.1, -0.05) is 12.8 Å². The Morgan fingerprint density at radius 2 is 1.75 bits per heavy atom. The van der Waals surface area contributed by atoms with E-state index < -0.39 is 11.6 Å². The van der Waals surface area contributed by atoms with Gasteiger partial charge in [-0.25, -0.2) is 9.18 Å². The summed E-state index contributed by atoms with van der Waals surface area (Å²) < 4.78 is 20.3. The molecule has 2 saturated heterocycles. The lowest BCUT2D eigenvalue weighted by Crippen LogP contribution is -2.53. The first-order chi connectivity index (χ1) is 13.5. The van der Waals surface area contributed by atoms with Crippen molar-refractivity contribution >= 4 is 12.0 Å². The molecule has 7 heteroatoms. The summed E-state index contributed by atoms with van der Waals surface area (Å²) in [6.07, 6.45) is 7.87. The van der Waals surface area contributed by atoms with Gasteiger partial charge < -0.3 is 19.9 Å². The Balaban J connectivity index is 1.43. The summed E-state index contributed by atoms with van der Waals surface area (Å²) in [5.74, 6) is 0.120. The minimum absolute atomic E-state index is 0.233. The first-order valence-corrected chi connectivity index (χ1v) is 11.1. The zero-order valence-electron chi connectivity index (χ0n) is 17.3. The molecule has 160 valence electrons. The van der Waals surface area contributed by atoms with E-state index in [4.69, 9.17) is 4.74 Å². The number of rotatable bonds is 5. The Morgan fingerprint density at radius 3 is 2.43 bits per heavy atom. The molecule has 3 fully saturated rings. The third-order valence-corrected chi connectivity index (χ3v) is 6.76. The van der Waals surface area contributed by atoms with Gasteiger partial charge in [0, 0.05) is 51.6 Å². The molecule has 1 saturated carbocycles. The first kappa shape index (κ1) is 21.3. The monoisotopic (exact) mass is 397 g/mol. The number of hydrogen-bond acceptors (Lipinski definition) is 4. The third kappa shape index (κ3) is 5.37. The van der Waals surface area contributed by atoms with E-state index in [1.165, 1.54) is 12.8 Å². The Kier molecular flexibility index (Phi) is 7.55. The fourth-order valence-corrected chi connectivity index (χ4v) is 4.92. The van der Waals surface area contributed by atoms with Gasteiger partial charge in [0.1, 0.15) is 0 Å². The summed E-state index contributed by atoms with van der Waals surface area (Å²) in [6.45, 7) is 5.46. The van der Waals surface area contributed by atoms with Crippen LogP contribution in [0.2, 0.25) is 0 Å². The van der Waals surface area contributed by atoms with E-state index in [1.54, 1.807) is 4.90 Å². The molecule has 1 N–H and O–H groups in total. The second-order valence-corrected chi connectivity index (χ2v) is 8.63. The quantitative estimate of drug-likeness (QED) is 0.774. The van der Waals surface area contributed by atoms with Crippen LogP contribution >= 0.6 is 0 Å². The van der Waals surface area contributed by atoms with Crippen LogP contribution in [0.4, 0.5) is 9.18 Å². The normalized spacial score (nSPS) is 26.6. The lowest BCUT2D eigenvalue weighted by atomic mass is 9.90. The summed E-state index contributed by atoms with van der Waals surface area (Å²) >= 11 is 0. The van der Waals surface area contributed by atoms with Crippen LogP contribution in [0.1, 0.15) is 64.7 Å². The van der Waals surface area contributed by atoms with Crippen LogP contribution in [-0.2, 0) is 9.53 Å². The van der Waals surface area contributed by atoms with E-state index in [0.717, 1.165) is 38.6 Å². The lowest BCUT2D eigenvalue weighted by molar-refractivity contribution is -0.136. The molecule has 0 aromatic heterocycles. The van der Waals surface area contributed by atoms with E-state index in [2.05, 4.69) is 10.2 Å². The molecule has 28 heavy (non-hydrogen) atoms. The molecule has 1 aliphatic carbocycles. The number of carbonyl (C=O) groups excluding carboxylic acids is 2. The van der Waals surface area contributed by atoms with Crippen LogP contribution in [0.3, 0.4) is 0 Å². The number of amides is 2. The van der Waals surface area contributed by atoms with Gasteiger partial charge in [-0.3, -0.25) is 4.79 Å². The minimum atomic E-state index is -1.73. The van der Waals surface area contributed by atoms with Gasteiger partial charge in [-0.05, 0) is 44.9 Å². The second-order valence-electron chi connectivity index (χ2n) is 8.63. The van der Waals surface area contributed by atoms with Crippen molar-refractivity contribution < 1.29 is 18.7 Å². The number of nitrogens with one attached hydrogen (secondary N) is 1. The largest absolute Gasteiger partial charge is 0.450 e. The van der Waals surface area contributed by atoms with E-state index in [-0.39, 0.29) is 18.9 Å². The highest BCUT2D eigenvalue weighted by Gasteiger charge is 2.43. The summed E-state index contributed by atoms with van der Waals surface area (Å²) in [5, 5.41) is 2.88. The number of piperidine rings is 1. The van der Waals surface area contributed by atoms with Crippen molar-refractivity contribution in [1.29, 1.82) is 0 Å². The van der Waals surface area contributed by atoms with Crippen molar-refractivity contribution in [3.05, 3.63) is 0 Å². The number of alkyl halides is 1. The molecule has 0 radical (unpaired) electrons. The lowest BCUT2D eigenvalue weighted by Gasteiger charge is -2.39. The van der Waals surface area contributed by atoms with Gasteiger partial charge in [0.15, 0.2) is 5.67 Å².